The van der Waals surface area contributed by atoms with Crippen LogP contribution in [-0.4, -0.2) is 97.5 Å². The van der Waals surface area contributed by atoms with Gasteiger partial charge in [0.05, 0.1) is 25.7 Å². The van der Waals surface area contributed by atoms with Crippen LogP contribution >= 0.6 is 0 Å². The molecule has 1 spiro atoms. The van der Waals surface area contributed by atoms with Crippen molar-refractivity contribution in [3.05, 3.63) is 35.9 Å². The second kappa shape index (κ2) is 19.0. The molecule has 0 aromatic heterocycles. The van der Waals surface area contributed by atoms with E-state index < -0.39 is 66.5 Å². The van der Waals surface area contributed by atoms with Crippen LogP contribution in [0.1, 0.15) is 103 Å². The lowest BCUT2D eigenvalue weighted by molar-refractivity contribution is -0.348. The van der Waals surface area contributed by atoms with E-state index in [9.17, 15) is 29.1 Å². The van der Waals surface area contributed by atoms with Crippen LogP contribution in [0.2, 0.25) is 0 Å². The van der Waals surface area contributed by atoms with Gasteiger partial charge in [0.2, 0.25) is 23.6 Å². The van der Waals surface area contributed by atoms with E-state index in [0.29, 0.717) is 49.7 Å². The number of fused-ring (bicyclic) bond motifs is 6. The van der Waals surface area contributed by atoms with Gasteiger partial charge in [-0.25, -0.2) is 0 Å². The molecule has 5 aliphatic rings. The fraction of sp³-hybridized carbons (Fsp3) is 0.721. The fourth-order valence-corrected chi connectivity index (χ4v) is 11.5. The van der Waals surface area contributed by atoms with Crippen LogP contribution in [0.25, 0.3) is 0 Å². The Hall–Kier alpha value is -4.28. The second-order valence-electron chi connectivity index (χ2n) is 17.9. The van der Waals surface area contributed by atoms with Crippen LogP contribution < -0.4 is 32.7 Å². The number of nitrogens with one attached hydrogen (secondary N) is 4. The smallest absolute Gasteiger partial charge is 0.305 e. The van der Waals surface area contributed by atoms with E-state index in [0.717, 1.165) is 56.9 Å². The molecule has 3 saturated carbocycles. The summed E-state index contributed by atoms with van der Waals surface area (Å²) >= 11 is 0. The molecule has 2 saturated heterocycles. The van der Waals surface area contributed by atoms with Gasteiger partial charge in [-0.3, -0.25) is 29.0 Å². The molecule has 2 aliphatic heterocycles. The normalized spacial score (nSPS) is 33.2. The molecule has 1 aromatic carbocycles. The van der Waals surface area contributed by atoms with E-state index in [-0.39, 0.29) is 42.2 Å². The van der Waals surface area contributed by atoms with Crippen molar-refractivity contribution in [1.29, 1.82) is 0 Å². The number of benzene rings is 1. The lowest BCUT2D eigenvalue weighted by Crippen LogP contribution is -2.66. The standard InChI is InChI=1S/C43H65N7O9/c1-41-17-14-28(57-3)21-27(41)12-13-29-30(41)15-18-42(2)31(29)22-34(59-43(42)16-8-20-58-43)39(56)50-32(11-7-19-46-40(44)45)37(54)48-25-35(51)49-33(23-36(52)53)38(55)47-24-26-9-5-4-6-10-26/h4-6,9-10,27-34H,7-8,11-25H2,1-3H3,(H,47,55)(H,48,54)(H,49,51)(H,50,56)(H,52,53)(H4,44,45,46)/t27-,28-,29-,30-,31-,32-,33-,34+,41-,42-,43+/m0/s1. The molecule has 5 fully saturated rings. The van der Waals surface area contributed by atoms with Crippen molar-refractivity contribution < 1.29 is 43.3 Å². The highest BCUT2D eigenvalue weighted by Crippen LogP contribution is 2.68. The lowest BCUT2D eigenvalue weighted by atomic mass is 9.42. The molecular weight excluding hydrogens is 759 g/mol. The van der Waals surface area contributed by atoms with E-state index in [2.05, 4.69) is 40.1 Å². The Morgan fingerprint density at radius 2 is 1.69 bits per heavy atom. The highest BCUT2D eigenvalue weighted by atomic mass is 16.7. The van der Waals surface area contributed by atoms with Gasteiger partial charge in [0.25, 0.3) is 0 Å². The third kappa shape index (κ3) is 9.86. The molecule has 11 atom stereocenters. The highest BCUT2D eigenvalue weighted by molar-refractivity contribution is 5.94. The number of amides is 4. The molecule has 59 heavy (non-hydrogen) atoms. The number of carbonyl (C=O) groups excluding carboxylic acids is 4. The zero-order valence-electron chi connectivity index (χ0n) is 34.8. The molecule has 326 valence electrons. The summed E-state index contributed by atoms with van der Waals surface area (Å²) < 4.78 is 19.2. The number of hydrogen-bond acceptors (Lipinski definition) is 9. The molecule has 6 rings (SSSR count). The number of nitrogens with two attached hydrogens (primary N) is 2. The van der Waals surface area contributed by atoms with Gasteiger partial charge >= 0.3 is 5.97 Å². The van der Waals surface area contributed by atoms with E-state index in [1.54, 1.807) is 24.3 Å². The molecule has 0 radical (unpaired) electrons. The Balaban J connectivity index is 1.13. The Kier molecular flexibility index (Phi) is 14.2. The van der Waals surface area contributed by atoms with Crippen molar-refractivity contribution in [1.82, 2.24) is 21.3 Å². The average Bonchev–Trinajstić information content (AvgIpc) is 3.69. The van der Waals surface area contributed by atoms with Gasteiger partial charge in [0.15, 0.2) is 11.7 Å². The van der Waals surface area contributed by atoms with Crippen LogP contribution in [0, 0.1) is 34.5 Å². The zero-order chi connectivity index (χ0) is 42.4. The molecule has 4 amide bonds. The zero-order valence-corrected chi connectivity index (χ0v) is 34.8. The highest BCUT2D eigenvalue weighted by Gasteiger charge is 2.67. The number of guanidine groups is 1. The number of carboxylic acid groups (broad SMARTS) is 1. The third-order valence-corrected chi connectivity index (χ3v) is 14.6. The predicted octanol–water partition coefficient (Wildman–Crippen LogP) is 2.48. The summed E-state index contributed by atoms with van der Waals surface area (Å²) in [7, 11) is 1.82. The Bertz CT molecular complexity index is 1700. The van der Waals surface area contributed by atoms with Crippen LogP contribution in [0.15, 0.2) is 35.3 Å². The predicted molar refractivity (Wildman–Crippen MR) is 218 cm³/mol. The summed E-state index contributed by atoms with van der Waals surface area (Å²) in [5.74, 6) is -3.06. The number of hydrogen-bond donors (Lipinski definition) is 7. The summed E-state index contributed by atoms with van der Waals surface area (Å²) in [5.41, 5.74) is 11.8. The quantitative estimate of drug-likeness (QED) is 0.0725. The Morgan fingerprint density at radius 3 is 2.39 bits per heavy atom. The molecule has 1 aromatic rings. The molecular formula is C43H65N7O9. The van der Waals surface area contributed by atoms with Crippen LogP contribution in [0.4, 0.5) is 0 Å². The van der Waals surface area contributed by atoms with Gasteiger partial charge in [0.1, 0.15) is 18.2 Å². The average molecular weight is 824 g/mol. The third-order valence-electron chi connectivity index (χ3n) is 14.6. The fourth-order valence-electron chi connectivity index (χ4n) is 11.5. The topological polar surface area (TPSA) is 246 Å². The van der Waals surface area contributed by atoms with Crippen molar-refractivity contribution in [2.45, 2.75) is 134 Å². The van der Waals surface area contributed by atoms with Crippen molar-refractivity contribution in [2.75, 3.05) is 26.8 Å². The van der Waals surface area contributed by atoms with Gasteiger partial charge in [-0.1, -0.05) is 44.2 Å². The number of methoxy groups -OCH3 is 1. The van der Waals surface area contributed by atoms with Gasteiger partial charge in [0, 0.05) is 32.0 Å². The van der Waals surface area contributed by atoms with Crippen LogP contribution in [0.3, 0.4) is 0 Å². The first-order chi connectivity index (χ1) is 28.2. The second-order valence-corrected chi connectivity index (χ2v) is 17.9. The summed E-state index contributed by atoms with van der Waals surface area (Å²) in [6.07, 6.45) is 8.93. The van der Waals surface area contributed by atoms with Crippen molar-refractivity contribution in [3.8, 4) is 0 Å². The number of carbonyl (C=O) groups is 5. The molecule has 2 heterocycles. The number of ether oxygens (including phenoxy) is 3. The van der Waals surface area contributed by atoms with E-state index >= 15 is 0 Å². The molecule has 9 N–H and O–H groups in total. The number of aliphatic carboxylic acids is 1. The van der Waals surface area contributed by atoms with Gasteiger partial charge in [-0.15, -0.1) is 0 Å². The Labute approximate surface area is 347 Å². The maximum absolute atomic E-state index is 14.4. The minimum Gasteiger partial charge on any atom is -0.481 e. The van der Waals surface area contributed by atoms with Crippen molar-refractivity contribution in [3.63, 3.8) is 0 Å². The monoisotopic (exact) mass is 823 g/mol. The minimum atomic E-state index is -1.38. The first kappa shape index (κ1) is 44.3. The van der Waals surface area contributed by atoms with Gasteiger partial charge in [-0.2, -0.15) is 0 Å². The van der Waals surface area contributed by atoms with E-state index in [1.165, 1.54) is 0 Å². The van der Waals surface area contributed by atoms with Crippen LogP contribution in [0.5, 0.6) is 0 Å². The maximum Gasteiger partial charge on any atom is 0.305 e. The molecule has 0 unspecified atom stereocenters. The molecule has 3 aliphatic carbocycles. The first-order valence-electron chi connectivity index (χ1n) is 21.5. The maximum atomic E-state index is 14.4. The van der Waals surface area contributed by atoms with E-state index in [4.69, 9.17) is 25.7 Å². The van der Waals surface area contributed by atoms with Gasteiger partial charge in [-0.05, 0) is 105 Å². The number of rotatable bonds is 16. The lowest BCUT2D eigenvalue weighted by Gasteiger charge is -2.66. The number of aliphatic imine (C=N–C) groups is 1. The summed E-state index contributed by atoms with van der Waals surface area (Å²) in [6.45, 7) is 5.14. The molecule has 0 bridgehead atoms. The summed E-state index contributed by atoms with van der Waals surface area (Å²) in [6, 6.07) is 6.59. The first-order valence-corrected chi connectivity index (χ1v) is 21.5. The molecule has 16 heteroatoms. The van der Waals surface area contributed by atoms with E-state index in [1.807, 2.05) is 13.2 Å². The summed E-state index contributed by atoms with van der Waals surface area (Å²) in [4.78, 5) is 69.7. The number of carboxylic acids is 1. The van der Waals surface area contributed by atoms with Crippen LogP contribution in [-0.2, 0) is 44.7 Å². The van der Waals surface area contributed by atoms with Crippen molar-refractivity contribution in [2.24, 2.45) is 51.0 Å². The molecule has 16 nitrogen and oxygen atoms in total. The minimum absolute atomic E-state index is 0.101. The Morgan fingerprint density at radius 1 is 0.932 bits per heavy atom. The SMILES string of the molecule is CO[C@H]1CC[C@@]2(C)[C@@H](CC[C@H]3[C@@H]2CC[C@@]2(C)[C@H]3C[C@H](C(=O)N[C@@H](CCCN=C(N)N)C(=O)NCC(=O)N[C@@H](CC(=O)O)C(=O)NCc3ccccc3)O[C@]23CCCO3)C1. The van der Waals surface area contributed by atoms with Crippen molar-refractivity contribution >= 4 is 35.6 Å². The van der Waals surface area contributed by atoms with Gasteiger partial charge < -0.3 is 52.1 Å². The summed E-state index contributed by atoms with van der Waals surface area (Å²) in [5, 5.41) is 20.0. The number of nitrogens with zero attached hydrogens (tertiary/aromatic N) is 1. The largest absolute Gasteiger partial charge is 0.481 e.